The Hall–Kier alpha value is -0.900. The highest BCUT2D eigenvalue weighted by Gasteiger charge is 2.51. The van der Waals surface area contributed by atoms with Crippen molar-refractivity contribution in [3.63, 3.8) is 0 Å². The summed E-state index contributed by atoms with van der Waals surface area (Å²) in [6, 6.07) is -0.412. The van der Waals surface area contributed by atoms with E-state index in [1.807, 2.05) is 20.8 Å². The molecule has 86 valence electrons. The number of likely N-dealkylation sites (tertiary alicyclic amines) is 1. The van der Waals surface area contributed by atoms with Gasteiger partial charge in [-0.1, -0.05) is 13.8 Å². The van der Waals surface area contributed by atoms with Crippen LogP contribution in [0.4, 0.5) is 0 Å². The molecule has 0 spiro atoms. The summed E-state index contributed by atoms with van der Waals surface area (Å²) in [5, 5.41) is 8.99. The van der Waals surface area contributed by atoms with Gasteiger partial charge in [-0.05, 0) is 19.8 Å². The van der Waals surface area contributed by atoms with Crippen molar-refractivity contribution in [2.24, 2.45) is 11.3 Å². The molecule has 1 saturated heterocycles. The van der Waals surface area contributed by atoms with Crippen molar-refractivity contribution in [1.82, 2.24) is 4.90 Å². The first-order valence-electron chi connectivity index (χ1n) is 5.32. The van der Waals surface area contributed by atoms with Gasteiger partial charge < -0.3 is 5.11 Å². The van der Waals surface area contributed by atoms with Crippen LogP contribution in [0.2, 0.25) is 0 Å². The van der Waals surface area contributed by atoms with Crippen molar-refractivity contribution in [3.05, 3.63) is 0 Å². The van der Waals surface area contributed by atoms with Gasteiger partial charge in [0.1, 0.15) is 0 Å². The minimum Gasteiger partial charge on any atom is -0.394 e. The predicted molar refractivity (Wildman–Crippen MR) is 56.0 cm³/mol. The molecule has 1 aliphatic heterocycles. The van der Waals surface area contributed by atoms with Crippen LogP contribution in [0.25, 0.3) is 0 Å². The lowest BCUT2D eigenvalue weighted by atomic mass is 9.78. The molecule has 4 nitrogen and oxygen atoms in total. The lowest BCUT2D eigenvalue weighted by Gasteiger charge is -2.27. The molecule has 1 fully saturated rings. The van der Waals surface area contributed by atoms with Crippen LogP contribution in [0.1, 0.15) is 34.1 Å². The molecule has 2 atom stereocenters. The molecule has 1 N–H and O–H groups in total. The molecule has 4 heteroatoms. The standard InChI is InChI=1S/C11H19NO3/c1-7(2)11(4)5-9(14)12(10(11)15)8(3)6-13/h7-8,13H,5-6H2,1-4H3/t8-,11?/m0/s1. The number of hydrogen-bond acceptors (Lipinski definition) is 3. The molecule has 0 aromatic rings. The third-order valence-corrected chi connectivity index (χ3v) is 3.47. The average Bonchev–Trinajstić information content (AvgIpc) is 2.38. The summed E-state index contributed by atoms with van der Waals surface area (Å²) in [6.45, 7) is 7.21. The van der Waals surface area contributed by atoms with Gasteiger partial charge in [-0.15, -0.1) is 0 Å². The van der Waals surface area contributed by atoms with Gasteiger partial charge in [-0.3, -0.25) is 14.5 Å². The fraction of sp³-hybridized carbons (Fsp3) is 0.818. The van der Waals surface area contributed by atoms with Crippen molar-refractivity contribution in [3.8, 4) is 0 Å². The Kier molecular flexibility index (Phi) is 3.19. The maximum atomic E-state index is 12.1. The average molecular weight is 213 g/mol. The first-order valence-corrected chi connectivity index (χ1v) is 5.32. The van der Waals surface area contributed by atoms with Crippen molar-refractivity contribution >= 4 is 11.8 Å². The lowest BCUT2D eigenvalue weighted by molar-refractivity contribution is -0.145. The summed E-state index contributed by atoms with van der Waals surface area (Å²) in [5.74, 6) is -0.188. The molecule has 15 heavy (non-hydrogen) atoms. The van der Waals surface area contributed by atoms with Crippen LogP contribution >= 0.6 is 0 Å². The molecule has 0 saturated carbocycles. The molecule has 1 heterocycles. The normalized spacial score (nSPS) is 29.1. The van der Waals surface area contributed by atoms with Crippen LogP contribution in [0.15, 0.2) is 0 Å². The second-order valence-corrected chi connectivity index (χ2v) is 4.85. The molecule has 0 bridgehead atoms. The molecule has 1 rings (SSSR count). The third-order valence-electron chi connectivity index (χ3n) is 3.47. The molecule has 2 amide bonds. The van der Waals surface area contributed by atoms with Gasteiger partial charge in [0.15, 0.2) is 0 Å². The zero-order valence-corrected chi connectivity index (χ0v) is 9.78. The van der Waals surface area contributed by atoms with Crippen LogP contribution in [0.5, 0.6) is 0 Å². The quantitative estimate of drug-likeness (QED) is 0.705. The molecule has 0 aliphatic carbocycles. The number of imide groups is 1. The predicted octanol–water partition coefficient (Wildman–Crippen LogP) is 0.788. The summed E-state index contributed by atoms with van der Waals surface area (Å²) in [6.07, 6.45) is 0.258. The second kappa shape index (κ2) is 3.93. The zero-order chi connectivity index (χ0) is 11.8. The van der Waals surface area contributed by atoms with Gasteiger partial charge in [-0.2, -0.15) is 0 Å². The van der Waals surface area contributed by atoms with E-state index in [0.717, 1.165) is 0 Å². The Balaban J connectivity index is 2.98. The minimum absolute atomic E-state index is 0.129. The fourth-order valence-corrected chi connectivity index (χ4v) is 1.84. The van der Waals surface area contributed by atoms with Crippen LogP contribution in [-0.2, 0) is 9.59 Å². The van der Waals surface area contributed by atoms with Gasteiger partial charge in [0, 0.05) is 6.42 Å². The highest BCUT2D eigenvalue weighted by atomic mass is 16.3. The number of nitrogens with zero attached hydrogens (tertiary/aromatic N) is 1. The fourth-order valence-electron chi connectivity index (χ4n) is 1.84. The van der Waals surface area contributed by atoms with Gasteiger partial charge in [-0.25, -0.2) is 0 Å². The molecular formula is C11H19NO3. The number of aliphatic hydroxyl groups excluding tert-OH is 1. The summed E-state index contributed by atoms with van der Waals surface area (Å²) in [4.78, 5) is 25.0. The van der Waals surface area contributed by atoms with E-state index < -0.39 is 11.5 Å². The van der Waals surface area contributed by atoms with E-state index >= 15 is 0 Å². The Morgan fingerprint density at radius 3 is 2.27 bits per heavy atom. The Bertz CT molecular complexity index is 288. The van der Waals surface area contributed by atoms with Gasteiger partial charge in [0.25, 0.3) is 0 Å². The SMILES string of the molecule is CC(C)C1(C)CC(=O)N([C@@H](C)CO)C1=O. The van der Waals surface area contributed by atoms with E-state index in [9.17, 15) is 9.59 Å². The highest BCUT2D eigenvalue weighted by Crippen LogP contribution is 2.39. The number of carbonyl (C=O) groups is 2. The highest BCUT2D eigenvalue weighted by molar-refractivity contribution is 6.06. The minimum atomic E-state index is -0.597. The van der Waals surface area contributed by atoms with Crippen molar-refractivity contribution < 1.29 is 14.7 Å². The molecule has 1 aliphatic rings. The van der Waals surface area contributed by atoms with E-state index in [2.05, 4.69) is 0 Å². The molecule has 1 unspecified atom stereocenters. The first kappa shape index (κ1) is 12.2. The maximum Gasteiger partial charge on any atom is 0.236 e. The van der Waals surface area contributed by atoms with E-state index in [-0.39, 0.29) is 30.8 Å². The van der Waals surface area contributed by atoms with Crippen molar-refractivity contribution in [2.45, 2.75) is 40.2 Å². The largest absolute Gasteiger partial charge is 0.394 e. The Morgan fingerprint density at radius 1 is 1.40 bits per heavy atom. The van der Waals surface area contributed by atoms with E-state index in [0.29, 0.717) is 0 Å². The number of carbonyl (C=O) groups excluding carboxylic acids is 2. The van der Waals surface area contributed by atoms with E-state index in [1.165, 1.54) is 4.90 Å². The Labute approximate surface area is 90.3 Å². The number of aliphatic hydroxyl groups is 1. The number of rotatable bonds is 3. The van der Waals surface area contributed by atoms with Gasteiger partial charge in [0.05, 0.1) is 18.1 Å². The van der Waals surface area contributed by atoms with Gasteiger partial charge in [0.2, 0.25) is 11.8 Å². The summed E-state index contributed by atoms with van der Waals surface area (Å²) < 4.78 is 0. The maximum absolute atomic E-state index is 12.1. The van der Waals surface area contributed by atoms with E-state index in [1.54, 1.807) is 6.92 Å². The number of hydrogen-bond donors (Lipinski definition) is 1. The topological polar surface area (TPSA) is 57.6 Å². The Morgan fingerprint density at radius 2 is 1.93 bits per heavy atom. The van der Waals surface area contributed by atoms with Crippen LogP contribution in [0, 0.1) is 11.3 Å². The molecule has 0 aromatic carbocycles. The van der Waals surface area contributed by atoms with Gasteiger partial charge >= 0.3 is 0 Å². The van der Waals surface area contributed by atoms with Crippen LogP contribution in [0.3, 0.4) is 0 Å². The monoisotopic (exact) mass is 213 g/mol. The molecular weight excluding hydrogens is 194 g/mol. The van der Waals surface area contributed by atoms with Crippen molar-refractivity contribution in [1.29, 1.82) is 0 Å². The zero-order valence-electron chi connectivity index (χ0n) is 9.78. The van der Waals surface area contributed by atoms with Crippen molar-refractivity contribution in [2.75, 3.05) is 6.61 Å². The van der Waals surface area contributed by atoms with Crippen LogP contribution < -0.4 is 0 Å². The third kappa shape index (κ3) is 1.78. The smallest absolute Gasteiger partial charge is 0.236 e. The van der Waals surface area contributed by atoms with E-state index in [4.69, 9.17) is 5.11 Å². The summed E-state index contributed by atoms with van der Waals surface area (Å²) in [5.41, 5.74) is -0.597. The van der Waals surface area contributed by atoms with Crippen LogP contribution in [-0.4, -0.2) is 34.5 Å². The lowest BCUT2D eigenvalue weighted by Crippen LogP contribution is -2.43. The summed E-state index contributed by atoms with van der Waals surface area (Å²) in [7, 11) is 0. The molecule has 0 aromatic heterocycles. The second-order valence-electron chi connectivity index (χ2n) is 4.85. The molecule has 0 radical (unpaired) electrons. The summed E-state index contributed by atoms with van der Waals surface area (Å²) >= 11 is 0. The first-order chi connectivity index (χ1) is 6.84. The number of amides is 2.